The molecule has 8 nitrogen and oxygen atoms in total. The molecule has 0 aromatic carbocycles. The molecule has 124 valence electrons. The maximum atomic E-state index is 12.2. The van der Waals surface area contributed by atoms with E-state index >= 15 is 0 Å². The molecule has 1 aliphatic rings. The fourth-order valence-electron chi connectivity index (χ4n) is 1.84. The van der Waals surface area contributed by atoms with Crippen LogP contribution in [0.15, 0.2) is 0 Å². The first kappa shape index (κ1) is 18.2. The molecule has 1 amide bonds. The summed E-state index contributed by atoms with van der Waals surface area (Å²) in [5.74, 6) is -1.52. The van der Waals surface area contributed by atoms with E-state index in [0.717, 1.165) is 0 Å². The van der Waals surface area contributed by atoms with E-state index in [0.29, 0.717) is 6.21 Å². The Kier molecular flexibility index (Phi) is 6.63. The molecule has 0 spiro atoms. The minimum Gasteiger partial charge on any atom is -0.461 e. The molecule has 0 aliphatic carbocycles. The summed E-state index contributed by atoms with van der Waals surface area (Å²) >= 11 is 0. The first-order chi connectivity index (χ1) is 10.3. The summed E-state index contributed by atoms with van der Waals surface area (Å²) in [6.07, 6.45) is 0.377. The third-order valence-electron chi connectivity index (χ3n) is 3.26. The minimum absolute atomic E-state index is 0.0296. The van der Waals surface area contributed by atoms with Gasteiger partial charge in [-0.15, -0.1) is 0 Å². The predicted molar refractivity (Wildman–Crippen MR) is 76.7 cm³/mol. The van der Waals surface area contributed by atoms with Gasteiger partial charge in [-0.25, -0.2) is 4.79 Å². The molecule has 0 bridgehead atoms. The average Bonchev–Trinajstić information content (AvgIpc) is 2.41. The van der Waals surface area contributed by atoms with Gasteiger partial charge in [0, 0.05) is 13.5 Å². The lowest BCUT2D eigenvalue weighted by molar-refractivity contribution is -0.202. The van der Waals surface area contributed by atoms with E-state index in [9.17, 15) is 14.4 Å². The number of carbonyl (C=O) groups is 3. The highest BCUT2D eigenvalue weighted by Crippen LogP contribution is 2.21. The summed E-state index contributed by atoms with van der Waals surface area (Å²) in [5.41, 5.74) is -1.10. The van der Waals surface area contributed by atoms with Crippen molar-refractivity contribution in [3.8, 4) is 0 Å². The lowest BCUT2D eigenvalue weighted by Crippen LogP contribution is -2.63. The smallest absolute Gasteiger partial charge is 0.328 e. The molecule has 22 heavy (non-hydrogen) atoms. The number of rotatable bonds is 9. The molecular weight excluding hydrogens is 292 g/mol. The van der Waals surface area contributed by atoms with E-state index in [1.54, 1.807) is 13.8 Å². The van der Waals surface area contributed by atoms with Crippen LogP contribution in [0.3, 0.4) is 0 Å². The van der Waals surface area contributed by atoms with Crippen LogP contribution >= 0.6 is 0 Å². The van der Waals surface area contributed by atoms with Gasteiger partial charge >= 0.3 is 5.97 Å². The fourth-order valence-corrected chi connectivity index (χ4v) is 1.84. The van der Waals surface area contributed by atoms with E-state index in [-0.39, 0.29) is 32.2 Å². The van der Waals surface area contributed by atoms with Crippen molar-refractivity contribution in [3.05, 3.63) is 0 Å². The maximum absolute atomic E-state index is 12.2. The van der Waals surface area contributed by atoms with Crippen molar-refractivity contribution in [3.63, 3.8) is 0 Å². The van der Waals surface area contributed by atoms with Crippen LogP contribution < -0.4 is 5.32 Å². The van der Waals surface area contributed by atoms with E-state index < -0.39 is 29.3 Å². The molecule has 1 rings (SSSR count). The van der Waals surface area contributed by atoms with Gasteiger partial charge in [-0.05, 0) is 20.3 Å². The van der Waals surface area contributed by atoms with Crippen LogP contribution in [-0.4, -0.2) is 61.9 Å². The SMILES string of the molecule is COC1(C(=O)N[C@@H](CCC(=O)C=N)C(=O)OC(C)C)COC1. The van der Waals surface area contributed by atoms with Gasteiger partial charge in [0.15, 0.2) is 11.4 Å². The Labute approximate surface area is 129 Å². The number of ketones is 1. The van der Waals surface area contributed by atoms with Crippen LogP contribution in [0.4, 0.5) is 0 Å². The molecule has 8 heteroatoms. The van der Waals surface area contributed by atoms with Gasteiger partial charge in [0.1, 0.15) is 6.04 Å². The number of nitrogens with one attached hydrogen (secondary N) is 2. The second-order valence-electron chi connectivity index (χ2n) is 5.35. The summed E-state index contributed by atoms with van der Waals surface area (Å²) < 4.78 is 15.2. The number of esters is 1. The third kappa shape index (κ3) is 4.60. The maximum Gasteiger partial charge on any atom is 0.328 e. The highest BCUT2D eigenvalue weighted by molar-refractivity contribution is 6.26. The molecule has 0 radical (unpaired) electrons. The minimum atomic E-state index is -1.10. The predicted octanol–water partition coefficient (Wildman–Crippen LogP) is -0.163. The van der Waals surface area contributed by atoms with Crippen LogP contribution in [0.25, 0.3) is 0 Å². The van der Waals surface area contributed by atoms with Crippen molar-refractivity contribution < 1.29 is 28.6 Å². The first-order valence-corrected chi connectivity index (χ1v) is 7.02. The van der Waals surface area contributed by atoms with E-state index in [1.165, 1.54) is 7.11 Å². The van der Waals surface area contributed by atoms with Crippen molar-refractivity contribution in [2.24, 2.45) is 0 Å². The Hall–Kier alpha value is -1.80. The molecule has 0 aromatic rings. The largest absolute Gasteiger partial charge is 0.461 e. The Morgan fingerprint density at radius 1 is 1.36 bits per heavy atom. The van der Waals surface area contributed by atoms with Gasteiger partial charge in [-0.2, -0.15) is 0 Å². The van der Waals surface area contributed by atoms with Crippen molar-refractivity contribution >= 4 is 23.9 Å². The van der Waals surface area contributed by atoms with Gasteiger partial charge in [0.2, 0.25) is 0 Å². The Bertz CT molecular complexity index is 439. The summed E-state index contributed by atoms with van der Waals surface area (Å²) in [6, 6.07) is -0.966. The van der Waals surface area contributed by atoms with Gasteiger partial charge in [0.25, 0.3) is 5.91 Å². The molecular formula is C14H22N2O6. The van der Waals surface area contributed by atoms with Crippen molar-refractivity contribution in [2.45, 2.75) is 44.4 Å². The van der Waals surface area contributed by atoms with Gasteiger partial charge in [0.05, 0.1) is 25.5 Å². The molecule has 0 aromatic heterocycles. The van der Waals surface area contributed by atoms with Crippen LogP contribution in [0.5, 0.6) is 0 Å². The van der Waals surface area contributed by atoms with Crippen molar-refractivity contribution in [1.29, 1.82) is 5.41 Å². The zero-order chi connectivity index (χ0) is 16.8. The van der Waals surface area contributed by atoms with Crippen molar-refractivity contribution in [2.75, 3.05) is 20.3 Å². The molecule has 2 N–H and O–H groups in total. The normalized spacial score (nSPS) is 17.3. The number of carbonyl (C=O) groups excluding carboxylic acids is 3. The Morgan fingerprint density at radius 3 is 2.41 bits per heavy atom. The molecule has 1 heterocycles. The average molecular weight is 314 g/mol. The lowest BCUT2D eigenvalue weighted by Gasteiger charge is -2.38. The topological polar surface area (TPSA) is 115 Å². The quantitative estimate of drug-likeness (QED) is 0.451. The number of hydrogen-bond acceptors (Lipinski definition) is 7. The van der Waals surface area contributed by atoms with E-state index in [1.807, 2.05) is 0 Å². The molecule has 1 saturated heterocycles. The van der Waals surface area contributed by atoms with Gasteiger partial charge in [-0.1, -0.05) is 0 Å². The van der Waals surface area contributed by atoms with Crippen LogP contribution in [0, 0.1) is 5.41 Å². The Morgan fingerprint density at radius 2 is 2.00 bits per heavy atom. The second kappa shape index (κ2) is 8.00. The molecule has 0 unspecified atom stereocenters. The monoisotopic (exact) mass is 314 g/mol. The number of ether oxygens (including phenoxy) is 3. The van der Waals surface area contributed by atoms with Crippen LogP contribution in [0.1, 0.15) is 26.7 Å². The summed E-state index contributed by atoms with van der Waals surface area (Å²) in [7, 11) is 1.39. The molecule has 1 atom stereocenters. The third-order valence-corrected chi connectivity index (χ3v) is 3.26. The van der Waals surface area contributed by atoms with Gasteiger partial charge < -0.3 is 24.9 Å². The zero-order valence-electron chi connectivity index (χ0n) is 13.0. The van der Waals surface area contributed by atoms with Gasteiger partial charge in [-0.3, -0.25) is 9.59 Å². The first-order valence-electron chi connectivity index (χ1n) is 7.02. The fraction of sp³-hybridized carbons (Fsp3) is 0.714. The number of hydrogen-bond donors (Lipinski definition) is 2. The molecule has 1 aliphatic heterocycles. The summed E-state index contributed by atoms with van der Waals surface area (Å²) in [5, 5.41) is 9.42. The van der Waals surface area contributed by atoms with E-state index in [2.05, 4.69) is 5.32 Å². The van der Waals surface area contributed by atoms with Crippen molar-refractivity contribution in [1.82, 2.24) is 5.32 Å². The lowest BCUT2D eigenvalue weighted by atomic mass is 9.99. The second-order valence-corrected chi connectivity index (χ2v) is 5.35. The number of methoxy groups -OCH3 is 1. The van der Waals surface area contributed by atoms with E-state index in [4.69, 9.17) is 19.6 Å². The Balaban J connectivity index is 2.71. The molecule has 1 fully saturated rings. The number of Topliss-reactive ketones (excluding diaryl/α,β-unsaturated/α-hetero) is 1. The summed E-state index contributed by atoms with van der Waals surface area (Å²) in [6.45, 7) is 3.60. The highest BCUT2D eigenvalue weighted by atomic mass is 16.6. The van der Waals surface area contributed by atoms with Crippen LogP contribution in [0.2, 0.25) is 0 Å². The summed E-state index contributed by atoms with van der Waals surface area (Å²) in [4.78, 5) is 35.5. The zero-order valence-corrected chi connectivity index (χ0v) is 13.0. The van der Waals surface area contributed by atoms with Crippen LogP contribution in [-0.2, 0) is 28.6 Å². The number of amides is 1. The highest BCUT2D eigenvalue weighted by Gasteiger charge is 2.47. The molecule has 0 saturated carbocycles. The standard InChI is InChI=1S/C14H22N2O6/c1-9(2)22-12(18)11(5-4-10(17)6-15)16-13(19)14(20-3)7-21-8-14/h6,9,11,15H,4-5,7-8H2,1-3H3,(H,16,19)/t11-/m0/s1.